The van der Waals surface area contributed by atoms with Gasteiger partial charge in [0.2, 0.25) is 0 Å². The molecule has 0 aliphatic rings. The summed E-state index contributed by atoms with van der Waals surface area (Å²) < 4.78 is 16.1. The number of nitrogens with zero attached hydrogens (tertiary/aromatic N) is 2. The predicted octanol–water partition coefficient (Wildman–Crippen LogP) is 6.28. The van der Waals surface area contributed by atoms with Crippen LogP contribution < -0.4 is 0 Å². The first kappa shape index (κ1) is 21.5. The maximum Gasteiger partial charge on any atom is 0.123 e. The number of imidazole rings is 1. The molecule has 3 aromatic rings. The lowest BCUT2D eigenvalue weighted by atomic mass is 9.86. The van der Waals surface area contributed by atoms with Crippen molar-refractivity contribution in [1.29, 1.82) is 0 Å². The lowest BCUT2D eigenvalue weighted by molar-refractivity contribution is 0.0958. The Morgan fingerprint density at radius 2 is 1.83 bits per heavy atom. The van der Waals surface area contributed by atoms with E-state index in [0.717, 1.165) is 55.6 Å². The van der Waals surface area contributed by atoms with Crippen LogP contribution in [0.2, 0.25) is 0 Å². The summed E-state index contributed by atoms with van der Waals surface area (Å²) in [5.41, 5.74) is 5.11. The van der Waals surface area contributed by atoms with E-state index in [1.54, 1.807) is 6.07 Å². The number of halogens is 1. The monoisotopic (exact) mass is 396 g/mol. The number of hydrogen-bond acceptors (Lipinski definition) is 2. The Morgan fingerprint density at radius 1 is 1.03 bits per heavy atom. The third-order valence-corrected chi connectivity index (χ3v) is 5.83. The Morgan fingerprint density at radius 3 is 2.55 bits per heavy atom. The van der Waals surface area contributed by atoms with Gasteiger partial charge in [-0.2, -0.15) is 0 Å². The van der Waals surface area contributed by atoms with Crippen LogP contribution in [0.15, 0.2) is 36.4 Å². The summed E-state index contributed by atoms with van der Waals surface area (Å²) in [5, 5.41) is 11.0. The zero-order valence-corrected chi connectivity index (χ0v) is 18.1. The average Bonchev–Trinajstić information content (AvgIpc) is 3.03. The number of aryl methyl sites for hydroxylation is 4. The summed E-state index contributed by atoms with van der Waals surface area (Å²) in [6, 6.07) is 11.1. The molecule has 1 aromatic heterocycles. The quantitative estimate of drug-likeness (QED) is 0.462. The smallest absolute Gasteiger partial charge is 0.123 e. The number of aliphatic hydroxyl groups excluding tert-OH is 1. The van der Waals surface area contributed by atoms with Crippen LogP contribution in [-0.2, 0) is 13.0 Å². The topological polar surface area (TPSA) is 38.0 Å². The average molecular weight is 397 g/mol. The summed E-state index contributed by atoms with van der Waals surface area (Å²) in [6.07, 6.45) is 3.93. The van der Waals surface area contributed by atoms with Crippen LogP contribution in [-0.4, -0.2) is 14.7 Å². The molecule has 3 rings (SSSR count). The molecule has 2 aromatic carbocycles. The fraction of sp³-hybridized carbons (Fsp3) is 0.480. The molecule has 1 N–H and O–H groups in total. The minimum absolute atomic E-state index is 0.0807. The van der Waals surface area contributed by atoms with Crippen molar-refractivity contribution in [2.24, 2.45) is 5.92 Å². The standard InChI is InChI=1S/C25H33FN2O/c1-5-7-19(25(29)21-16-20(26)11-9-18(21)4)10-13-24-27-22-12-8-17(3)15-23(22)28(24)14-6-2/h8-9,11-12,15-16,19,25,29H,5-7,10,13-14H2,1-4H3. The molecule has 3 nitrogen and oxygen atoms in total. The zero-order chi connectivity index (χ0) is 21.0. The highest BCUT2D eigenvalue weighted by atomic mass is 19.1. The van der Waals surface area contributed by atoms with Crippen LogP contribution in [0.3, 0.4) is 0 Å². The van der Waals surface area contributed by atoms with Crippen molar-refractivity contribution in [3.63, 3.8) is 0 Å². The summed E-state index contributed by atoms with van der Waals surface area (Å²) >= 11 is 0. The van der Waals surface area contributed by atoms with Crippen molar-refractivity contribution in [3.8, 4) is 0 Å². The van der Waals surface area contributed by atoms with E-state index in [2.05, 4.69) is 43.5 Å². The van der Waals surface area contributed by atoms with Gasteiger partial charge in [0.1, 0.15) is 11.6 Å². The highest BCUT2D eigenvalue weighted by Crippen LogP contribution is 2.32. The first-order chi connectivity index (χ1) is 13.9. The molecule has 0 radical (unpaired) electrons. The van der Waals surface area contributed by atoms with Gasteiger partial charge in [-0.05, 0) is 80.0 Å². The van der Waals surface area contributed by atoms with E-state index >= 15 is 0 Å². The van der Waals surface area contributed by atoms with E-state index in [9.17, 15) is 9.50 Å². The molecule has 0 fully saturated rings. The second-order valence-corrected chi connectivity index (χ2v) is 8.21. The third kappa shape index (κ3) is 4.87. The molecule has 0 aliphatic carbocycles. The van der Waals surface area contributed by atoms with Crippen molar-refractivity contribution in [2.75, 3.05) is 0 Å². The summed E-state index contributed by atoms with van der Waals surface area (Å²) in [4.78, 5) is 4.89. The lowest BCUT2D eigenvalue weighted by Gasteiger charge is -2.24. The van der Waals surface area contributed by atoms with E-state index in [1.165, 1.54) is 23.2 Å². The first-order valence-electron chi connectivity index (χ1n) is 10.8. The van der Waals surface area contributed by atoms with Crippen molar-refractivity contribution in [3.05, 3.63) is 64.7 Å². The van der Waals surface area contributed by atoms with E-state index < -0.39 is 6.10 Å². The van der Waals surface area contributed by atoms with Gasteiger partial charge in [0.15, 0.2) is 0 Å². The van der Waals surface area contributed by atoms with Gasteiger partial charge in [-0.3, -0.25) is 0 Å². The Labute approximate surface area is 173 Å². The molecule has 0 saturated heterocycles. The van der Waals surface area contributed by atoms with Crippen LogP contribution in [0.4, 0.5) is 4.39 Å². The van der Waals surface area contributed by atoms with E-state index in [4.69, 9.17) is 4.98 Å². The molecule has 0 spiro atoms. The van der Waals surface area contributed by atoms with Crippen LogP contribution in [0.25, 0.3) is 11.0 Å². The fourth-order valence-electron chi connectivity index (χ4n) is 4.28. The Bertz CT molecular complexity index is 963. The zero-order valence-electron chi connectivity index (χ0n) is 18.1. The van der Waals surface area contributed by atoms with E-state index in [-0.39, 0.29) is 11.7 Å². The van der Waals surface area contributed by atoms with Crippen LogP contribution in [0.1, 0.15) is 68.1 Å². The third-order valence-electron chi connectivity index (χ3n) is 5.83. The number of hydrogen-bond donors (Lipinski definition) is 1. The number of aliphatic hydroxyl groups is 1. The highest BCUT2D eigenvalue weighted by molar-refractivity contribution is 5.76. The number of rotatable bonds is 9. The number of aromatic nitrogens is 2. The second kappa shape index (κ2) is 9.53. The van der Waals surface area contributed by atoms with Gasteiger partial charge >= 0.3 is 0 Å². The molecule has 1 heterocycles. The number of benzene rings is 2. The number of fused-ring (bicyclic) bond motifs is 1. The molecule has 0 aliphatic heterocycles. The van der Waals surface area contributed by atoms with Gasteiger partial charge in [-0.25, -0.2) is 9.37 Å². The molecule has 2 atom stereocenters. The molecule has 0 amide bonds. The van der Waals surface area contributed by atoms with Gasteiger partial charge in [0.25, 0.3) is 0 Å². The summed E-state index contributed by atoms with van der Waals surface area (Å²) in [7, 11) is 0. The van der Waals surface area contributed by atoms with Crippen molar-refractivity contribution >= 4 is 11.0 Å². The molecule has 0 bridgehead atoms. The molecule has 29 heavy (non-hydrogen) atoms. The molecule has 2 unspecified atom stereocenters. The first-order valence-corrected chi connectivity index (χ1v) is 10.8. The Kier molecular flexibility index (Phi) is 7.07. The van der Waals surface area contributed by atoms with Gasteiger partial charge in [0.05, 0.1) is 17.1 Å². The minimum Gasteiger partial charge on any atom is -0.388 e. The van der Waals surface area contributed by atoms with Crippen molar-refractivity contribution in [1.82, 2.24) is 9.55 Å². The largest absolute Gasteiger partial charge is 0.388 e. The molecule has 0 saturated carbocycles. The van der Waals surface area contributed by atoms with Crippen LogP contribution >= 0.6 is 0 Å². The summed E-state index contributed by atoms with van der Waals surface area (Å²) in [6.45, 7) is 9.30. The van der Waals surface area contributed by atoms with Gasteiger partial charge < -0.3 is 9.67 Å². The second-order valence-electron chi connectivity index (χ2n) is 8.21. The van der Waals surface area contributed by atoms with Crippen LogP contribution in [0.5, 0.6) is 0 Å². The molecule has 4 heteroatoms. The highest BCUT2D eigenvalue weighted by Gasteiger charge is 2.23. The maximum atomic E-state index is 13.8. The van der Waals surface area contributed by atoms with E-state index in [0.29, 0.717) is 5.56 Å². The van der Waals surface area contributed by atoms with E-state index in [1.807, 2.05) is 6.92 Å². The van der Waals surface area contributed by atoms with Crippen LogP contribution in [0, 0.1) is 25.6 Å². The predicted molar refractivity (Wildman–Crippen MR) is 118 cm³/mol. The van der Waals surface area contributed by atoms with Crippen molar-refractivity contribution < 1.29 is 9.50 Å². The molecular formula is C25H33FN2O. The molecule has 156 valence electrons. The normalized spacial score (nSPS) is 13.7. The lowest BCUT2D eigenvalue weighted by Crippen LogP contribution is -2.16. The van der Waals surface area contributed by atoms with Crippen molar-refractivity contribution in [2.45, 2.75) is 72.4 Å². The fourth-order valence-corrected chi connectivity index (χ4v) is 4.28. The molecular weight excluding hydrogens is 363 g/mol. The summed E-state index contributed by atoms with van der Waals surface area (Å²) in [5.74, 6) is 0.869. The van der Waals surface area contributed by atoms with Gasteiger partial charge in [0, 0.05) is 13.0 Å². The minimum atomic E-state index is -0.656. The van der Waals surface area contributed by atoms with Gasteiger partial charge in [-0.1, -0.05) is 32.4 Å². The maximum absolute atomic E-state index is 13.8. The SMILES string of the molecule is CCCC(CCc1nc2ccc(C)cc2n1CCC)C(O)c1cc(F)ccc1C. The Balaban J connectivity index is 1.85. The Hall–Kier alpha value is -2.20. The van der Waals surface area contributed by atoms with Gasteiger partial charge in [-0.15, -0.1) is 0 Å².